The minimum absolute atomic E-state index is 0.339. The lowest BCUT2D eigenvalue weighted by Crippen LogP contribution is -2.43. The first-order chi connectivity index (χ1) is 14.7. The molecule has 0 aliphatic carbocycles. The molecule has 1 N–H and O–H groups in total. The fourth-order valence-electron chi connectivity index (χ4n) is 3.72. The Morgan fingerprint density at radius 2 is 1.84 bits per heavy atom. The summed E-state index contributed by atoms with van der Waals surface area (Å²) < 4.78 is 41.6. The van der Waals surface area contributed by atoms with Crippen LogP contribution in [-0.2, 0) is 5.60 Å². The van der Waals surface area contributed by atoms with E-state index >= 15 is 0 Å². The number of nitrogens with zero attached hydrogens (tertiary/aromatic N) is 4. The van der Waals surface area contributed by atoms with Crippen molar-refractivity contribution in [3.63, 3.8) is 0 Å². The standard InChI is InChI=1S/C22H21F3N4O2/c1-15-12-19(28-20(27-15)16-4-3-9-26-14-16)29-10-7-21(30,8-11-29)17-5-2-6-18(13-17)31-22(23,24)25/h2-6,9,12-14,30H,7-8,10-11H2,1H3. The van der Waals surface area contributed by atoms with Gasteiger partial charge in [-0.2, -0.15) is 0 Å². The quantitative estimate of drug-likeness (QED) is 0.668. The van der Waals surface area contributed by atoms with E-state index < -0.39 is 12.0 Å². The fraction of sp³-hybridized carbons (Fsp3) is 0.318. The summed E-state index contributed by atoms with van der Waals surface area (Å²) in [5, 5.41) is 11.1. The number of piperidine rings is 1. The summed E-state index contributed by atoms with van der Waals surface area (Å²) in [5.74, 6) is 0.969. The van der Waals surface area contributed by atoms with Crippen molar-refractivity contribution in [2.24, 2.45) is 0 Å². The van der Waals surface area contributed by atoms with Crippen LogP contribution in [0, 0.1) is 6.92 Å². The molecule has 3 heterocycles. The molecule has 9 heteroatoms. The van der Waals surface area contributed by atoms with Gasteiger partial charge in [-0.1, -0.05) is 12.1 Å². The zero-order valence-corrected chi connectivity index (χ0v) is 16.8. The van der Waals surface area contributed by atoms with Crippen LogP contribution < -0.4 is 9.64 Å². The van der Waals surface area contributed by atoms with Gasteiger partial charge in [0, 0.05) is 42.8 Å². The van der Waals surface area contributed by atoms with Gasteiger partial charge in [0.25, 0.3) is 0 Å². The number of halogens is 3. The summed E-state index contributed by atoms with van der Waals surface area (Å²) in [5.41, 5.74) is 0.781. The number of alkyl halides is 3. The second-order valence-corrected chi connectivity index (χ2v) is 7.53. The SMILES string of the molecule is Cc1cc(N2CCC(O)(c3cccc(OC(F)(F)F)c3)CC2)nc(-c2cccnc2)n1. The third-order valence-electron chi connectivity index (χ3n) is 5.28. The number of hydrogen-bond acceptors (Lipinski definition) is 6. The number of hydrogen-bond donors (Lipinski definition) is 1. The predicted octanol–water partition coefficient (Wildman–Crippen LogP) is 4.23. The molecule has 2 aromatic heterocycles. The van der Waals surface area contributed by atoms with Crippen LogP contribution in [-0.4, -0.2) is 39.5 Å². The maximum atomic E-state index is 12.5. The Hall–Kier alpha value is -3.20. The monoisotopic (exact) mass is 430 g/mol. The van der Waals surface area contributed by atoms with Gasteiger partial charge in [0.15, 0.2) is 5.82 Å². The van der Waals surface area contributed by atoms with Crippen molar-refractivity contribution in [2.45, 2.75) is 31.7 Å². The van der Waals surface area contributed by atoms with Crippen LogP contribution in [0.5, 0.6) is 5.75 Å². The van der Waals surface area contributed by atoms with Crippen LogP contribution in [0.1, 0.15) is 24.1 Å². The number of pyridine rings is 1. The van der Waals surface area contributed by atoms with E-state index in [2.05, 4.69) is 19.7 Å². The minimum atomic E-state index is -4.78. The molecule has 0 bridgehead atoms. The highest BCUT2D eigenvalue weighted by molar-refractivity contribution is 5.57. The Morgan fingerprint density at radius 1 is 1.06 bits per heavy atom. The topological polar surface area (TPSA) is 71.4 Å². The fourth-order valence-corrected chi connectivity index (χ4v) is 3.72. The van der Waals surface area contributed by atoms with E-state index in [-0.39, 0.29) is 5.75 Å². The zero-order chi connectivity index (χ0) is 22.1. The van der Waals surface area contributed by atoms with Crippen LogP contribution in [0.25, 0.3) is 11.4 Å². The first-order valence-electron chi connectivity index (χ1n) is 9.82. The van der Waals surface area contributed by atoms with Crippen molar-refractivity contribution >= 4 is 5.82 Å². The molecule has 1 aromatic carbocycles. The molecule has 31 heavy (non-hydrogen) atoms. The zero-order valence-electron chi connectivity index (χ0n) is 16.8. The van der Waals surface area contributed by atoms with E-state index in [1.807, 2.05) is 30.0 Å². The number of rotatable bonds is 4. The molecule has 162 valence electrons. The highest BCUT2D eigenvalue weighted by atomic mass is 19.4. The van der Waals surface area contributed by atoms with E-state index in [9.17, 15) is 18.3 Å². The molecular formula is C22H21F3N4O2. The van der Waals surface area contributed by atoms with Gasteiger partial charge in [0.2, 0.25) is 0 Å². The van der Waals surface area contributed by atoms with Crippen molar-refractivity contribution in [3.8, 4) is 17.1 Å². The maximum Gasteiger partial charge on any atom is 0.573 e. The number of benzene rings is 1. The molecule has 0 spiro atoms. The summed E-state index contributed by atoms with van der Waals surface area (Å²) in [6, 6.07) is 11.1. The van der Waals surface area contributed by atoms with Gasteiger partial charge in [-0.25, -0.2) is 9.97 Å². The Labute approximate surface area is 177 Å². The molecule has 1 aliphatic heterocycles. The van der Waals surface area contributed by atoms with Gasteiger partial charge in [0.1, 0.15) is 11.6 Å². The van der Waals surface area contributed by atoms with Crippen LogP contribution >= 0.6 is 0 Å². The molecule has 3 aromatic rings. The Kier molecular flexibility index (Phi) is 5.53. The molecular weight excluding hydrogens is 409 g/mol. The number of aryl methyl sites for hydroxylation is 1. The van der Waals surface area contributed by atoms with Crippen molar-refractivity contribution < 1.29 is 23.0 Å². The summed E-state index contributed by atoms with van der Waals surface area (Å²) in [6.45, 7) is 2.87. The third kappa shape index (κ3) is 4.93. The third-order valence-corrected chi connectivity index (χ3v) is 5.28. The number of aliphatic hydroxyl groups is 1. The first-order valence-corrected chi connectivity index (χ1v) is 9.82. The van der Waals surface area contributed by atoms with E-state index in [1.54, 1.807) is 18.5 Å². The highest BCUT2D eigenvalue weighted by Gasteiger charge is 2.36. The van der Waals surface area contributed by atoms with E-state index in [0.29, 0.717) is 37.3 Å². The molecule has 1 fully saturated rings. The van der Waals surface area contributed by atoms with Crippen molar-refractivity contribution in [1.82, 2.24) is 15.0 Å². The molecule has 0 saturated carbocycles. The molecule has 0 unspecified atom stereocenters. The molecule has 0 amide bonds. The molecule has 1 saturated heterocycles. The van der Waals surface area contributed by atoms with Gasteiger partial charge >= 0.3 is 6.36 Å². The summed E-state index contributed by atoms with van der Waals surface area (Å²) in [7, 11) is 0. The van der Waals surface area contributed by atoms with E-state index in [1.165, 1.54) is 18.2 Å². The lowest BCUT2D eigenvalue weighted by molar-refractivity contribution is -0.274. The lowest BCUT2D eigenvalue weighted by atomic mass is 9.84. The van der Waals surface area contributed by atoms with Crippen molar-refractivity contribution in [3.05, 3.63) is 66.1 Å². The Balaban J connectivity index is 1.51. The molecule has 4 rings (SSSR count). The minimum Gasteiger partial charge on any atom is -0.406 e. The predicted molar refractivity (Wildman–Crippen MR) is 108 cm³/mol. The van der Waals surface area contributed by atoms with Gasteiger partial charge in [0.05, 0.1) is 5.60 Å². The van der Waals surface area contributed by atoms with Crippen LogP contribution in [0.15, 0.2) is 54.9 Å². The molecule has 0 radical (unpaired) electrons. The first kappa shape index (κ1) is 21.0. The average molecular weight is 430 g/mol. The number of ether oxygens (including phenoxy) is 1. The van der Waals surface area contributed by atoms with Crippen LogP contribution in [0.2, 0.25) is 0 Å². The Bertz CT molecular complexity index is 1050. The van der Waals surface area contributed by atoms with Gasteiger partial charge in [-0.15, -0.1) is 13.2 Å². The largest absolute Gasteiger partial charge is 0.573 e. The van der Waals surface area contributed by atoms with Gasteiger partial charge in [-0.05, 0) is 49.6 Å². The summed E-state index contributed by atoms with van der Waals surface area (Å²) >= 11 is 0. The van der Waals surface area contributed by atoms with Gasteiger partial charge in [-0.3, -0.25) is 4.98 Å². The van der Waals surface area contributed by atoms with Gasteiger partial charge < -0.3 is 14.7 Å². The van der Waals surface area contributed by atoms with Crippen LogP contribution in [0.4, 0.5) is 19.0 Å². The lowest BCUT2D eigenvalue weighted by Gasteiger charge is -2.39. The Morgan fingerprint density at radius 3 is 2.52 bits per heavy atom. The molecule has 0 atom stereocenters. The summed E-state index contributed by atoms with van der Waals surface area (Å²) in [4.78, 5) is 15.3. The maximum absolute atomic E-state index is 12.5. The van der Waals surface area contributed by atoms with Crippen molar-refractivity contribution in [2.75, 3.05) is 18.0 Å². The molecule has 6 nitrogen and oxygen atoms in total. The molecule has 1 aliphatic rings. The van der Waals surface area contributed by atoms with Crippen molar-refractivity contribution in [1.29, 1.82) is 0 Å². The number of aromatic nitrogens is 3. The van der Waals surface area contributed by atoms with E-state index in [0.717, 1.165) is 17.1 Å². The average Bonchev–Trinajstić information content (AvgIpc) is 2.73. The second-order valence-electron chi connectivity index (χ2n) is 7.53. The highest BCUT2D eigenvalue weighted by Crippen LogP contribution is 2.36. The second kappa shape index (κ2) is 8.14. The normalized spacial score (nSPS) is 16.2. The summed E-state index contributed by atoms with van der Waals surface area (Å²) in [6.07, 6.45) is -0.715. The van der Waals surface area contributed by atoms with E-state index in [4.69, 9.17) is 0 Å². The smallest absolute Gasteiger partial charge is 0.406 e. The van der Waals surface area contributed by atoms with Crippen LogP contribution in [0.3, 0.4) is 0 Å². The number of anilines is 1.